The topological polar surface area (TPSA) is 38.0 Å². The Labute approximate surface area is 89.5 Å². The zero-order valence-corrected chi connectivity index (χ0v) is 9.84. The molecule has 1 aromatic heterocycles. The fourth-order valence-corrected chi connectivity index (χ4v) is 1.93. The predicted molar refractivity (Wildman–Crippen MR) is 60.7 cm³/mol. The summed E-state index contributed by atoms with van der Waals surface area (Å²) >= 11 is 1.67. The minimum absolute atomic E-state index is 0.259. The van der Waals surface area contributed by atoms with Crippen molar-refractivity contribution in [2.75, 3.05) is 12.0 Å². The molecule has 0 aliphatic heterocycles. The van der Waals surface area contributed by atoms with Gasteiger partial charge in [-0.3, -0.25) is 4.68 Å². The molecule has 0 saturated heterocycles. The monoisotopic (exact) mass is 214 g/mol. The number of aliphatic hydroxyl groups is 1. The molecule has 0 radical (unpaired) electrons. The van der Waals surface area contributed by atoms with Gasteiger partial charge in [-0.2, -0.15) is 16.9 Å². The highest BCUT2D eigenvalue weighted by Gasteiger charge is 2.09. The van der Waals surface area contributed by atoms with Gasteiger partial charge in [-0.1, -0.05) is 6.92 Å². The molecule has 1 atom stereocenters. The zero-order chi connectivity index (χ0) is 10.6. The van der Waals surface area contributed by atoms with Crippen LogP contribution in [0.25, 0.3) is 0 Å². The Hall–Kier alpha value is -0.480. The third kappa shape index (κ3) is 3.03. The average Bonchev–Trinajstić information content (AvgIpc) is 2.48. The van der Waals surface area contributed by atoms with E-state index in [1.54, 1.807) is 11.8 Å². The van der Waals surface area contributed by atoms with E-state index >= 15 is 0 Å². The Balaban J connectivity index is 2.61. The summed E-state index contributed by atoms with van der Waals surface area (Å²) in [6, 6.07) is 2.07. The minimum atomic E-state index is -0.259. The molecule has 0 aliphatic rings. The van der Waals surface area contributed by atoms with Crippen molar-refractivity contribution in [2.24, 2.45) is 7.05 Å². The van der Waals surface area contributed by atoms with Crippen LogP contribution < -0.4 is 0 Å². The summed E-state index contributed by atoms with van der Waals surface area (Å²) in [5.74, 6) is 0.784. The average molecular weight is 214 g/mol. The molecular formula is C10H18N2OS. The number of thioether (sulfide) groups is 1. The Morgan fingerprint density at radius 3 is 2.86 bits per heavy atom. The molecule has 0 aromatic carbocycles. The lowest BCUT2D eigenvalue weighted by Gasteiger charge is -2.08. The fourth-order valence-electron chi connectivity index (χ4n) is 1.43. The van der Waals surface area contributed by atoms with Crippen molar-refractivity contribution in [1.82, 2.24) is 9.78 Å². The SMILES string of the molecule is CCc1cc(CC(O)CSC)n(C)n1. The normalized spacial score (nSPS) is 13.1. The van der Waals surface area contributed by atoms with Crippen molar-refractivity contribution in [3.8, 4) is 0 Å². The summed E-state index contributed by atoms with van der Waals surface area (Å²) in [5.41, 5.74) is 2.21. The number of hydrogen-bond acceptors (Lipinski definition) is 3. The van der Waals surface area contributed by atoms with Crippen LogP contribution in [0.5, 0.6) is 0 Å². The fraction of sp³-hybridized carbons (Fsp3) is 0.700. The van der Waals surface area contributed by atoms with E-state index in [0.29, 0.717) is 6.42 Å². The van der Waals surface area contributed by atoms with Gasteiger partial charge in [-0.15, -0.1) is 0 Å². The molecule has 1 N–H and O–H groups in total. The molecule has 0 amide bonds. The molecule has 1 unspecified atom stereocenters. The molecule has 4 heteroatoms. The maximum Gasteiger partial charge on any atom is 0.0685 e. The van der Waals surface area contributed by atoms with Crippen LogP contribution >= 0.6 is 11.8 Å². The second-order valence-corrected chi connectivity index (χ2v) is 4.33. The van der Waals surface area contributed by atoms with Crippen LogP contribution in [0.1, 0.15) is 18.3 Å². The van der Waals surface area contributed by atoms with Gasteiger partial charge in [0.25, 0.3) is 0 Å². The zero-order valence-electron chi connectivity index (χ0n) is 9.03. The van der Waals surface area contributed by atoms with Gasteiger partial charge < -0.3 is 5.11 Å². The molecular weight excluding hydrogens is 196 g/mol. The minimum Gasteiger partial charge on any atom is -0.392 e. The van der Waals surface area contributed by atoms with Crippen molar-refractivity contribution in [2.45, 2.75) is 25.9 Å². The second kappa shape index (κ2) is 5.41. The van der Waals surface area contributed by atoms with E-state index < -0.39 is 0 Å². The Kier molecular flexibility index (Phi) is 4.48. The summed E-state index contributed by atoms with van der Waals surface area (Å²) < 4.78 is 1.86. The van der Waals surface area contributed by atoms with Gasteiger partial charge >= 0.3 is 0 Å². The first-order valence-corrected chi connectivity index (χ1v) is 6.25. The van der Waals surface area contributed by atoms with Crippen molar-refractivity contribution in [1.29, 1.82) is 0 Å². The Morgan fingerprint density at radius 1 is 1.64 bits per heavy atom. The maximum atomic E-state index is 9.65. The molecule has 1 rings (SSSR count). The van der Waals surface area contributed by atoms with Crippen LogP contribution in [0.4, 0.5) is 0 Å². The molecule has 14 heavy (non-hydrogen) atoms. The summed E-state index contributed by atoms with van der Waals surface area (Å²) in [4.78, 5) is 0. The van der Waals surface area contributed by atoms with Gasteiger partial charge in [-0.25, -0.2) is 0 Å². The molecule has 0 aliphatic carbocycles. The van der Waals surface area contributed by atoms with E-state index in [0.717, 1.165) is 23.6 Å². The highest BCUT2D eigenvalue weighted by atomic mass is 32.2. The molecule has 80 valence electrons. The lowest BCUT2D eigenvalue weighted by Crippen LogP contribution is -2.15. The number of aliphatic hydroxyl groups excluding tert-OH is 1. The number of hydrogen-bond donors (Lipinski definition) is 1. The van der Waals surface area contributed by atoms with Crippen molar-refractivity contribution >= 4 is 11.8 Å². The molecule has 0 fully saturated rings. The molecule has 1 heterocycles. The van der Waals surface area contributed by atoms with Crippen LogP contribution in [-0.2, 0) is 19.9 Å². The first kappa shape index (κ1) is 11.6. The molecule has 0 bridgehead atoms. The van der Waals surface area contributed by atoms with Crippen LogP contribution in [-0.4, -0.2) is 33.0 Å². The van der Waals surface area contributed by atoms with E-state index in [1.807, 2.05) is 18.0 Å². The number of rotatable bonds is 5. The van der Waals surface area contributed by atoms with E-state index in [1.165, 1.54) is 0 Å². The summed E-state index contributed by atoms with van der Waals surface area (Å²) in [5, 5.41) is 14.0. The van der Waals surface area contributed by atoms with Gasteiger partial charge in [0.05, 0.1) is 11.8 Å². The molecule has 3 nitrogen and oxygen atoms in total. The van der Waals surface area contributed by atoms with Crippen molar-refractivity contribution < 1.29 is 5.11 Å². The third-order valence-corrected chi connectivity index (χ3v) is 2.91. The van der Waals surface area contributed by atoms with Gasteiger partial charge in [0.1, 0.15) is 0 Å². The summed E-state index contributed by atoms with van der Waals surface area (Å²) in [6.45, 7) is 2.09. The number of nitrogens with zero attached hydrogens (tertiary/aromatic N) is 2. The van der Waals surface area contributed by atoms with E-state index in [4.69, 9.17) is 0 Å². The summed E-state index contributed by atoms with van der Waals surface area (Å²) in [6.07, 6.45) is 3.39. The lowest BCUT2D eigenvalue weighted by atomic mass is 10.2. The predicted octanol–water partition coefficient (Wildman–Crippen LogP) is 1.25. The smallest absolute Gasteiger partial charge is 0.0685 e. The largest absolute Gasteiger partial charge is 0.392 e. The highest BCUT2D eigenvalue weighted by molar-refractivity contribution is 7.98. The van der Waals surface area contributed by atoms with Gasteiger partial charge in [0.2, 0.25) is 0 Å². The first-order valence-electron chi connectivity index (χ1n) is 4.86. The van der Waals surface area contributed by atoms with Crippen LogP contribution in [0, 0.1) is 0 Å². The Bertz CT molecular complexity index is 286. The highest BCUT2D eigenvalue weighted by Crippen LogP contribution is 2.09. The van der Waals surface area contributed by atoms with Gasteiger partial charge in [0, 0.05) is 24.9 Å². The maximum absolute atomic E-state index is 9.65. The van der Waals surface area contributed by atoms with Gasteiger partial charge in [0.15, 0.2) is 0 Å². The number of aromatic nitrogens is 2. The lowest BCUT2D eigenvalue weighted by molar-refractivity contribution is 0.197. The molecule has 0 spiro atoms. The third-order valence-electron chi connectivity index (χ3n) is 2.19. The first-order chi connectivity index (χ1) is 6.67. The molecule has 0 saturated carbocycles. The summed E-state index contributed by atoms with van der Waals surface area (Å²) in [7, 11) is 1.93. The van der Waals surface area contributed by atoms with Crippen LogP contribution in [0.3, 0.4) is 0 Å². The second-order valence-electron chi connectivity index (χ2n) is 3.42. The van der Waals surface area contributed by atoms with Crippen LogP contribution in [0.15, 0.2) is 6.07 Å². The quantitative estimate of drug-likeness (QED) is 0.801. The van der Waals surface area contributed by atoms with Gasteiger partial charge in [-0.05, 0) is 18.7 Å². The standard InChI is InChI=1S/C10H18N2OS/c1-4-8-5-9(12(2)11-8)6-10(13)7-14-3/h5,10,13H,4,6-7H2,1-3H3. The molecule has 1 aromatic rings. The van der Waals surface area contributed by atoms with Crippen molar-refractivity contribution in [3.05, 3.63) is 17.5 Å². The van der Waals surface area contributed by atoms with E-state index in [9.17, 15) is 5.11 Å². The van der Waals surface area contributed by atoms with Crippen LogP contribution in [0.2, 0.25) is 0 Å². The van der Waals surface area contributed by atoms with E-state index in [-0.39, 0.29) is 6.10 Å². The van der Waals surface area contributed by atoms with E-state index in [2.05, 4.69) is 18.1 Å². The number of aryl methyl sites for hydroxylation is 2. The Morgan fingerprint density at radius 2 is 2.36 bits per heavy atom. The van der Waals surface area contributed by atoms with Crippen molar-refractivity contribution in [3.63, 3.8) is 0 Å².